The van der Waals surface area contributed by atoms with E-state index in [0.29, 0.717) is 0 Å². The van der Waals surface area contributed by atoms with Gasteiger partial charge in [0, 0.05) is 0 Å². The minimum atomic E-state index is -1.66. The maximum absolute atomic E-state index is 10.1. The van der Waals surface area contributed by atoms with Gasteiger partial charge in [-0.05, 0) is 20.8 Å². The molecule has 0 spiro atoms. The van der Waals surface area contributed by atoms with Crippen LogP contribution < -0.4 is 0 Å². The Labute approximate surface area is 393 Å². The van der Waals surface area contributed by atoms with Gasteiger partial charge in [0.1, 0.15) is 146 Å². The van der Waals surface area contributed by atoms with Gasteiger partial charge in [-0.15, -0.1) is 0 Å². The molecule has 30 nitrogen and oxygen atoms in total. The average Bonchev–Trinajstić information content (AvgIpc) is 3.34. The Morgan fingerprint density at radius 2 is 0.449 bits per heavy atom. The van der Waals surface area contributed by atoms with Crippen molar-refractivity contribution in [2.45, 2.75) is 204 Å². The van der Waals surface area contributed by atoms with Gasteiger partial charge in [-0.25, -0.2) is 0 Å². The van der Waals surface area contributed by atoms with Crippen molar-refractivity contribution in [1.29, 1.82) is 0 Å². The van der Waals surface area contributed by atoms with Gasteiger partial charge in [-0.1, -0.05) is 0 Å². The van der Waals surface area contributed by atoms with Gasteiger partial charge >= 0.3 is 0 Å². The number of hydrogen-bond donors (Lipinski definition) is 21. The molecule has 6 aliphatic rings. The highest BCUT2D eigenvalue weighted by molar-refractivity contribution is 4.98. The highest BCUT2D eigenvalue weighted by Crippen LogP contribution is 2.32. The van der Waals surface area contributed by atoms with Crippen molar-refractivity contribution in [1.82, 2.24) is 0 Å². The summed E-state index contributed by atoms with van der Waals surface area (Å²) >= 11 is 0. The number of aliphatic hydroxyl groups is 21. The molecule has 6 rings (SSSR count). The highest BCUT2D eigenvalue weighted by atomic mass is 16.7. The second-order valence-electron chi connectivity index (χ2n) is 17.5. The molecular formula is C39H72O30. The van der Waals surface area contributed by atoms with Gasteiger partial charge < -0.3 is 150 Å². The molecule has 6 fully saturated rings. The fourth-order valence-corrected chi connectivity index (χ4v) is 8.33. The van der Waals surface area contributed by atoms with E-state index in [0.717, 1.165) is 0 Å². The first-order chi connectivity index (χ1) is 32.4. The summed E-state index contributed by atoms with van der Waals surface area (Å²) in [6, 6.07) is 0. The Morgan fingerprint density at radius 3 is 0.638 bits per heavy atom. The van der Waals surface area contributed by atoms with E-state index in [2.05, 4.69) is 0 Å². The van der Waals surface area contributed by atoms with Crippen LogP contribution >= 0.6 is 0 Å². The SMILES string of the molecule is CC1OC(CO)[C@@H](O[C@@H]2OC(CO)[C@@H](O)[C@H](O)C2O)[C@H](O)C1O.CC1OC(CO)[C@@H](O[C@@H]2OC(CO)[C@H](O)[C@H](O)C2O)[C@H](O)C1O.CC1OC(CO)[C@@H](O[C@H]2OC(CO)[C@@H](O)[C@H](O)C2O)[C@H](O)C1O. The average molecular weight is 1020 g/mol. The molecule has 0 aliphatic carbocycles. The fourth-order valence-electron chi connectivity index (χ4n) is 8.33. The van der Waals surface area contributed by atoms with E-state index < -0.39 is 223 Å². The third kappa shape index (κ3) is 13.8. The van der Waals surface area contributed by atoms with E-state index in [1.807, 2.05) is 0 Å². The predicted molar refractivity (Wildman–Crippen MR) is 216 cm³/mol. The van der Waals surface area contributed by atoms with Gasteiger partial charge in [0.25, 0.3) is 0 Å². The molecule has 6 aliphatic heterocycles. The molecular weight excluding hydrogens is 948 g/mol. The summed E-state index contributed by atoms with van der Waals surface area (Å²) in [5.41, 5.74) is 0. The third-order valence-electron chi connectivity index (χ3n) is 12.7. The van der Waals surface area contributed by atoms with E-state index in [1.54, 1.807) is 0 Å². The van der Waals surface area contributed by atoms with Crippen molar-refractivity contribution in [2.75, 3.05) is 39.6 Å². The molecule has 0 aromatic heterocycles. The first-order valence-electron chi connectivity index (χ1n) is 22.2. The molecule has 408 valence electrons. The van der Waals surface area contributed by atoms with Crippen LogP contribution in [-0.2, 0) is 42.6 Å². The monoisotopic (exact) mass is 1020 g/mol. The number of rotatable bonds is 12. The Morgan fingerprint density at radius 1 is 0.246 bits per heavy atom. The van der Waals surface area contributed by atoms with E-state index in [9.17, 15) is 91.9 Å². The van der Waals surface area contributed by atoms with Crippen LogP contribution in [0.15, 0.2) is 0 Å². The van der Waals surface area contributed by atoms with Gasteiger partial charge in [-0.2, -0.15) is 0 Å². The van der Waals surface area contributed by atoms with Gasteiger partial charge in [-0.3, -0.25) is 0 Å². The Balaban J connectivity index is 0.000000225. The summed E-state index contributed by atoms with van der Waals surface area (Å²) in [6.07, 6.45) is -39.5. The lowest BCUT2D eigenvalue weighted by Crippen LogP contribution is -2.64. The van der Waals surface area contributed by atoms with E-state index in [4.69, 9.17) is 58.0 Å². The minimum Gasteiger partial charge on any atom is -0.394 e. The maximum atomic E-state index is 10.1. The molecule has 0 aromatic carbocycles. The molecule has 6 heterocycles. The lowest BCUT2D eigenvalue weighted by molar-refractivity contribution is -0.341. The molecule has 21 N–H and O–H groups in total. The second kappa shape index (κ2) is 26.8. The molecule has 0 radical (unpaired) electrons. The first-order valence-corrected chi connectivity index (χ1v) is 22.2. The van der Waals surface area contributed by atoms with Crippen LogP contribution in [0.2, 0.25) is 0 Å². The standard InChI is InChI=1S/3C13H24O10/c3*1-4-7(16)10(19)12(6(3-15)21-4)23-13-11(20)9(18)8(17)5(2-14)22-13/h3*4-20H,2-3H2,1H3/t4?,5?,6?,7?,8-,9+,10-,11?,12-,13+;4?,5?,6?,7?,8-,9+,10-,11?,12-,13-;4?,5?,6?,7?,8-,9-,10+,11?,12+,13-/m110/s1. The Hall–Kier alpha value is -1.20. The molecule has 30 heteroatoms. The smallest absolute Gasteiger partial charge is 0.187 e. The fraction of sp³-hybridized carbons (Fsp3) is 1.00. The van der Waals surface area contributed by atoms with Crippen molar-refractivity contribution in [3.63, 3.8) is 0 Å². The van der Waals surface area contributed by atoms with Crippen molar-refractivity contribution in [2.24, 2.45) is 0 Å². The maximum Gasteiger partial charge on any atom is 0.187 e. The largest absolute Gasteiger partial charge is 0.394 e. The summed E-state index contributed by atoms with van der Waals surface area (Å²) < 4.78 is 47.6. The van der Waals surface area contributed by atoms with Crippen molar-refractivity contribution < 1.29 is 150 Å². The zero-order chi connectivity index (χ0) is 51.9. The van der Waals surface area contributed by atoms with Gasteiger partial charge in [0.05, 0.1) is 58.0 Å². The van der Waals surface area contributed by atoms with Crippen LogP contribution in [0.3, 0.4) is 0 Å². The molecule has 69 heavy (non-hydrogen) atoms. The van der Waals surface area contributed by atoms with Crippen molar-refractivity contribution in [3.8, 4) is 0 Å². The normalized spacial score (nSPS) is 51.7. The summed E-state index contributed by atoms with van der Waals surface area (Å²) in [5.74, 6) is 0. The van der Waals surface area contributed by atoms with E-state index in [1.165, 1.54) is 20.8 Å². The molecule has 6 saturated heterocycles. The van der Waals surface area contributed by atoms with E-state index in [-0.39, 0.29) is 0 Å². The van der Waals surface area contributed by atoms with Crippen LogP contribution in [0.4, 0.5) is 0 Å². The van der Waals surface area contributed by atoms with Crippen molar-refractivity contribution in [3.05, 3.63) is 0 Å². The molecule has 30 atom stereocenters. The number of hydrogen-bond acceptors (Lipinski definition) is 30. The quantitative estimate of drug-likeness (QED) is 0.0863. The predicted octanol–water partition coefficient (Wildman–Crippen LogP) is -13.0. The Kier molecular flexibility index (Phi) is 23.5. The van der Waals surface area contributed by atoms with Crippen LogP contribution in [0.5, 0.6) is 0 Å². The minimum absolute atomic E-state index is 0.518. The molecule has 0 amide bonds. The topological polar surface area (TPSA) is 508 Å². The zero-order valence-corrected chi connectivity index (χ0v) is 37.6. The highest BCUT2D eigenvalue weighted by Gasteiger charge is 2.53. The number of aliphatic hydroxyl groups excluding tert-OH is 21. The molecule has 0 bridgehead atoms. The summed E-state index contributed by atoms with van der Waals surface area (Å²) in [4.78, 5) is 0. The van der Waals surface area contributed by atoms with Crippen LogP contribution in [0.1, 0.15) is 20.8 Å². The van der Waals surface area contributed by atoms with Crippen LogP contribution in [0, 0.1) is 0 Å². The number of ether oxygens (including phenoxy) is 9. The van der Waals surface area contributed by atoms with Crippen LogP contribution in [-0.4, -0.2) is 331 Å². The first kappa shape index (κ1) is 60.4. The third-order valence-corrected chi connectivity index (χ3v) is 12.7. The molecule has 0 aromatic rings. The zero-order valence-electron chi connectivity index (χ0n) is 37.6. The summed E-state index contributed by atoms with van der Waals surface area (Å²) in [6.45, 7) is 1.11. The van der Waals surface area contributed by atoms with E-state index >= 15 is 0 Å². The summed E-state index contributed by atoms with van der Waals surface area (Å²) in [5, 5.41) is 203. The summed E-state index contributed by atoms with van der Waals surface area (Å²) in [7, 11) is 0. The molecule has 15 unspecified atom stereocenters. The van der Waals surface area contributed by atoms with Gasteiger partial charge in [0.15, 0.2) is 18.9 Å². The van der Waals surface area contributed by atoms with Gasteiger partial charge in [0.2, 0.25) is 0 Å². The molecule has 0 saturated carbocycles. The Bertz CT molecular complexity index is 1300. The lowest BCUT2D eigenvalue weighted by atomic mass is 9.95. The van der Waals surface area contributed by atoms with Crippen LogP contribution in [0.25, 0.3) is 0 Å². The van der Waals surface area contributed by atoms with Crippen molar-refractivity contribution >= 4 is 0 Å². The lowest BCUT2D eigenvalue weighted by Gasteiger charge is -2.45. The second-order valence-corrected chi connectivity index (χ2v) is 17.5.